The summed E-state index contributed by atoms with van der Waals surface area (Å²) in [4.78, 5) is 10.9. The molecular weight excluding hydrogens is 771 g/mol. The van der Waals surface area contributed by atoms with Crippen molar-refractivity contribution in [3.63, 3.8) is 0 Å². The van der Waals surface area contributed by atoms with E-state index in [4.69, 9.17) is 9.97 Å². The first-order valence-corrected chi connectivity index (χ1v) is 21.8. The second-order valence-electron chi connectivity index (χ2n) is 15.7. The summed E-state index contributed by atoms with van der Waals surface area (Å²) in [5, 5.41) is 5.10. The van der Waals surface area contributed by atoms with Crippen LogP contribution in [0.1, 0.15) is 0 Å². The molecule has 0 aliphatic carbocycles. The zero-order valence-electron chi connectivity index (χ0n) is 33.6. The Kier molecular flexibility index (Phi) is 8.68. The quantitative estimate of drug-likeness (QED) is 0.161. The molecule has 0 N–H and O–H groups in total. The first kappa shape index (κ1) is 36.0. The van der Waals surface area contributed by atoms with E-state index in [1.807, 2.05) is 11.3 Å². The lowest BCUT2D eigenvalue weighted by Crippen LogP contribution is -2.00. The molecule has 62 heavy (non-hydrogen) atoms. The lowest BCUT2D eigenvalue weighted by atomic mass is 9.96. The minimum absolute atomic E-state index is 0.887. The van der Waals surface area contributed by atoms with E-state index < -0.39 is 0 Å². The Hall–Kier alpha value is -7.92. The van der Waals surface area contributed by atoms with Gasteiger partial charge in [-0.25, -0.2) is 9.97 Å². The molecule has 0 radical (unpaired) electrons. The molecule has 0 amide bonds. The third-order valence-electron chi connectivity index (χ3n) is 12.0. The molecule has 12 aromatic rings. The van der Waals surface area contributed by atoms with Crippen LogP contribution in [0.25, 0.3) is 115 Å². The van der Waals surface area contributed by atoms with E-state index in [1.165, 1.54) is 30.9 Å². The molecule has 0 saturated heterocycles. The summed E-state index contributed by atoms with van der Waals surface area (Å²) in [6.07, 6.45) is 0. The summed E-state index contributed by atoms with van der Waals surface area (Å²) in [6.45, 7) is 0. The second-order valence-corrected chi connectivity index (χ2v) is 16.8. The summed E-state index contributed by atoms with van der Waals surface area (Å²) in [7, 11) is 0. The normalized spacial score (nSPS) is 11.5. The Morgan fingerprint density at radius 1 is 0.306 bits per heavy atom. The fourth-order valence-corrected chi connectivity index (χ4v) is 10.2. The summed E-state index contributed by atoms with van der Waals surface area (Å²) in [6, 6.07) is 80.2. The number of hydrogen-bond acceptors (Lipinski definition) is 3. The number of nitrogens with zero attached hydrogens (tertiary/aromatic N) is 3. The minimum Gasteiger partial charge on any atom is -0.309 e. The SMILES string of the molecule is c1ccc(-c2cc(-c3ccccc3)nc(-c3ccc(-n4c5ccccc5c5c6c(ccc54)sc4ccccc46)c(-c4cc(-c5ccccc5)cc(-c5ccccc5)n4)c3)c2)cc1. The molecule has 0 bridgehead atoms. The summed E-state index contributed by atoms with van der Waals surface area (Å²) in [5.41, 5.74) is 15.7. The third-order valence-corrected chi connectivity index (χ3v) is 13.1. The van der Waals surface area contributed by atoms with Gasteiger partial charge in [0.25, 0.3) is 0 Å². The van der Waals surface area contributed by atoms with Crippen molar-refractivity contribution in [1.82, 2.24) is 14.5 Å². The minimum atomic E-state index is 0.887. The van der Waals surface area contributed by atoms with Crippen LogP contribution in [-0.2, 0) is 0 Å². The van der Waals surface area contributed by atoms with Crippen LogP contribution < -0.4 is 0 Å². The van der Waals surface area contributed by atoms with Crippen molar-refractivity contribution >= 4 is 53.3 Å². The number of rotatable bonds is 7. The Labute approximate surface area is 363 Å². The average Bonchev–Trinajstić information content (AvgIpc) is 3.90. The summed E-state index contributed by atoms with van der Waals surface area (Å²) in [5.74, 6) is 0. The van der Waals surface area contributed by atoms with E-state index >= 15 is 0 Å². The standard InChI is InChI=1S/C58H37N3S/c1-5-17-38(18-6-1)43-34-48(40-21-9-3-10-22-40)59-50(36-43)42-29-30-53(47(33-42)51-37-44(39-19-7-2-8-20-39)35-49(60-51)41-23-11-4-12-24-41)61-52-27-15-13-25-45(52)57-54(61)31-32-56-58(57)46-26-14-16-28-55(46)62-56/h1-37H. The molecule has 0 fully saturated rings. The largest absolute Gasteiger partial charge is 0.309 e. The van der Waals surface area contributed by atoms with Crippen LogP contribution in [0.2, 0.25) is 0 Å². The Balaban J connectivity index is 1.17. The van der Waals surface area contributed by atoms with Gasteiger partial charge in [0.2, 0.25) is 0 Å². The highest BCUT2D eigenvalue weighted by atomic mass is 32.1. The molecule has 0 saturated carbocycles. The lowest BCUT2D eigenvalue weighted by Gasteiger charge is -2.18. The highest BCUT2D eigenvalue weighted by Crippen LogP contribution is 2.45. The summed E-state index contributed by atoms with van der Waals surface area (Å²) < 4.78 is 5.05. The molecule has 0 unspecified atom stereocenters. The Morgan fingerprint density at radius 2 is 0.806 bits per heavy atom. The van der Waals surface area contributed by atoms with Gasteiger partial charge in [0, 0.05) is 53.2 Å². The maximum Gasteiger partial charge on any atom is 0.0737 e. The maximum atomic E-state index is 5.55. The van der Waals surface area contributed by atoms with Gasteiger partial charge in [-0.15, -0.1) is 11.3 Å². The van der Waals surface area contributed by atoms with Crippen molar-refractivity contribution in [2.24, 2.45) is 0 Å². The second kappa shape index (κ2) is 15.0. The fraction of sp³-hybridized carbons (Fsp3) is 0. The Bertz CT molecular complexity index is 3490. The molecule has 3 nitrogen and oxygen atoms in total. The first-order chi connectivity index (χ1) is 30.7. The Morgan fingerprint density at radius 3 is 1.44 bits per heavy atom. The topological polar surface area (TPSA) is 30.7 Å². The summed E-state index contributed by atoms with van der Waals surface area (Å²) >= 11 is 1.86. The van der Waals surface area contributed by atoms with Gasteiger partial charge in [0.1, 0.15) is 0 Å². The third kappa shape index (κ3) is 6.20. The molecule has 4 heteroatoms. The molecule has 8 aromatic carbocycles. The number of benzene rings is 8. The number of hydrogen-bond donors (Lipinski definition) is 0. The van der Waals surface area contributed by atoms with Gasteiger partial charge in [0.15, 0.2) is 0 Å². The van der Waals surface area contributed by atoms with Crippen LogP contribution in [0.5, 0.6) is 0 Å². The maximum absolute atomic E-state index is 5.55. The van der Waals surface area contributed by atoms with E-state index in [0.717, 1.165) is 84.0 Å². The zero-order chi connectivity index (χ0) is 41.0. The highest BCUT2D eigenvalue weighted by Gasteiger charge is 2.22. The zero-order valence-corrected chi connectivity index (χ0v) is 34.4. The van der Waals surface area contributed by atoms with Crippen LogP contribution in [0, 0.1) is 0 Å². The monoisotopic (exact) mass is 807 g/mol. The van der Waals surface area contributed by atoms with E-state index in [2.05, 4.69) is 229 Å². The molecule has 290 valence electrons. The highest BCUT2D eigenvalue weighted by molar-refractivity contribution is 7.26. The molecular formula is C58H37N3S. The van der Waals surface area contributed by atoms with Gasteiger partial charge in [-0.1, -0.05) is 164 Å². The fourth-order valence-electron chi connectivity index (χ4n) is 9.08. The lowest BCUT2D eigenvalue weighted by molar-refractivity contribution is 1.17. The molecule has 4 aromatic heterocycles. The smallest absolute Gasteiger partial charge is 0.0737 e. The van der Waals surface area contributed by atoms with Crippen molar-refractivity contribution in [3.05, 3.63) is 224 Å². The average molecular weight is 808 g/mol. The van der Waals surface area contributed by atoms with Gasteiger partial charge in [0.05, 0.1) is 39.5 Å². The van der Waals surface area contributed by atoms with Crippen molar-refractivity contribution in [2.45, 2.75) is 0 Å². The van der Waals surface area contributed by atoms with Gasteiger partial charge in [-0.2, -0.15) is 0 Å². The number of pyridine rings is 2. The predicted octanol–water partition coefficient (Wildman–Crippen LogP) is 15.9. The number of para-hydroxylation sites is 1. The molecule has 12 rings (SSSR count). The van der Waals surface area contributed by atoms with Crippen LogP contribution >= 0.6 is 11.3 Å². The van der Waals surface area contributed by atoms with E-state index in [0.29, 0.717) is 0 Å². The van der Waals surface area contributed by atoms with Crippen LogP contribution in [0.3, 0.4) is 0 Å². The van der Waals surface area contributed by atoms with Crippen molar-refractivity contribution in [1.29, 1.82) is 0 Å². The van der Waals surface area contributed by atoms with E-state index in [-0.39, 0.29) is 0 Å². The molecule has 0 spiro atoms. The van der Waals surface area contributed by atoms with Crippen molar-refractivity contribution in [2.75, 3.05) is 0 Å². The molecule has 0 aliphatic rings. The van der Waals surface area contributed by atoms with Gasteiger partial charge >= 0.3 is 0 Å². The first-order valence-electron chi connectivity index (χ1n) is 21.0. The van der Waals surface area contributed by atoms with Crippen LogP contribution in [0.4, 0.5) is 0 Å². The van der Waals surface area contributed by atoms with E-state index in [9.17, 15) is 0 Å². The van der Waals surface area contributed by atoms with Crippen LogP contribution in [0.15, 0.2) is 224 Å². The number of fused-ring (bicyclic) bond motifs is 7. The van der Waals surface area contributed by atoms with E-state index in [1.54, 1.807) is 0 Å². The van der Waals surface area contributed by atoms with Gasteiger partial charge in [-0.05, 0) is 82.9 Å². The van der Waals surface area contributed by atoms with Gasteiger partial charge < -0.3 is 4.57 Å². The van der Waals surface area contributed by atoms with Crippen LogP contribution in [-0.4, -0.2) is 14.5 Å². The molecule has 4 heterocycles. The molecule has 0 aliphatic heterocycles. The van der Waals surface area contributed by atoms with Gasteiger partial charge in [-0.3, -0.25) is 0 Å². The predicted molar refractivity (Wildman–Crippen MR) is 262 cm³/mol. The number of aromatic nitrogens is 3. The number of thiophene rings is 1. The van der Waals surface area contributed by atoms with Crippen molar-refractivity contribution < 1.29 is 0 Å². The van der Waals surface area contributed by atoms with Crippen molar-refractivity contribution in [3.8, 4) is 73.0 Å². The molecule has 0 atom stereocenters.